The van der Waals surface area contributed by atoms with Crippen molar-refractivity contribution >= 4 is 28.3 Å². The lowest BCUT2D eigenvalue weighted by atomic mass is 9.81. The van der Waals surface area contributed by atoms with Crippen molar-refractivity contribution in [2.45, 2.75) is 31.1 Å². The monoisotopic (exact) mass is 453 g/mol. The molecule has 0 fully saturated rings. The largest absolute Gasteiger partial charge is 0.454 e. The first-order chi connectivity index (χ1) is 16.2. The fourth-order valence-corrected chi connectivity index (χ4v) is 5.50. The summed E-state index contributed by atoms with van der Waals surface area (Å²) in [6, 6.07) is 17.5. The predicted molar refractivity (Wildman–Crippen MR) is 128 cm³/mol. The van der Waals surface area contributed by atoms with Gasteiger partial charge in [0.2, 0.25) is 17.2 Å². The number of Topliss-reactive ketones (excluding diaryl/α,β-unsaturated/α-hetero) is 1. The number of nitrogens with two attached hydrogens (primary N) is 2. The van der Waals surface area contributed by atoms with E-state index in [1.54, 1.807) is 53.2 Å². The number of fused-ring (bicyclic) bond motifs is 6. The molecule has 1 aromatic heterocycles. The number of carbonyl (C=O) groups is 2. The first-order valence-electron chi connectivity index (χ1n) is 11.1. The second kappa shape index (κ2) is 6.48. The number of benzene rings is 3. The van der Waals surface area contributed by atoms with E-state index in [9.17, 15) is 14.7 Å². The van der Waals surface area contributed by atoms with Gasteiger partial charge in [0.15, 0.2) is 0 Å². The van der Waals surface area contributed by atoms with Crippen LogP contribution in [0.1, 0.15) is 57.2 Å². The van der Waals surface area contributed by atoms with Gasteiger partial charge in [-0.3, -0.25) is 9.59 Å². The summed E-state index contributed by atoms with van der Waals surface area (Å²) in [5, 5.41) is 13.0. The van der Waals surface area contributed by atoms with E-state index in [0.29, 0.717) is 33.3 Å². The Hall–Kier alpha value is -4.10. The second-order valence-electron chi connectivity index (χ2n) is 9.29. The number of amides is 1. The molecule has 0 radical (unpaired) electrons. The van der Waals surface area contributed by atoms with Gasteiger partial charge in [-0.1, -0.05) is 38.1 Å². The maximum atomic E-state index is 14.3. The Labute approximate surface area is 195 Å². The van der Waals surface area contributed by atoms with Gasteiger partial charge in [0.1, 0.15) is 5.75 Å². The van der Waals surface area contributed by atoms with Crippen LogP contribution < -0.4 is 16.2 Å². The normalized spacial score (nSPS) is 22.5. The van der Waals surface area contributed by atoms with Crippen molar-refractivity contribution in [2.75, 3.05) is 5.73 Å². The first-order valence-corrected chi connectivity index (χ1v) is 11.1. The van der Waals surface area contributed by atoms with E-state index in [2.05, 4.69) is 13.8 Å². The molecule has 7 nitrogen and oxygen atoms in total. The van der Waals surface area contributed by atoms with Gasteiger partial charge in [0.05, 0.1) is 5.56 Å². The summed E-state index contributed by atoms with van der Waals surface area (Å²) in [5.41, 5.74) is 13.5. The molecule has 1 aliphatic carbocycles. The molecule has 0 spiro atoms. The van der Waals surface area contributed by atoms with Gasteiger partial charge in [-0.25, -0.2) is 0 Å². The molecule has 2 atom stereocenters. The zero-order valence-corrected chi connectivity index (χ0v) is 18.7. The SMILES string of the molecule is CC(C)c1ccc2c(c1)OC1(O)c3cccc(N)c3C(=O)C21n1ccc2cc(C(N)=O)ccc21. The van der Waals surface area contributed by atoms with E-state index < -0.39 is 17.2 Å². The number of primary amides is 1. The molecule has 1 aliphatic heterocycles. The molecule has 0 saturated heterocycles. The van der Waals surface area contributed by atoms with Crippen LogP contribution in [0, 0.1) is 0 Å². The smallest absolute Gasteiger partial charge is 0.271 e. The fraction of sp³-hybridized carbons (Fsp3) is 0.185. The van der Waals surface area contributed by atoms with Gasteiger partial charge in [-0.05, 0) is 47.9 Å². The van der Waals surface area contributed by atoms with E-state index in [-0.39, 0.29) is 23.0 Å². The van der Waals surface area contributed by atoms with Crippen LogP contribution in [-0.2, 0) is 11.3 Å². The highest BCUT2D eigenvalue weighted by Crippen LogP contribution is 2.61. The number of rotatable bonds is 3. The van der Waals surface area contributed by atoms with Gasteiger partial charge in [0.25, 0.3) is 5.79 Å². The van der Waals surface area contributed by atoms with Gasteiger partial charge in [0, 0.05) is 39.5 Å². The standard InChI is InChI=1S/C27H23N3O4/c1-14(2)15-6-8-18-22(13-15)34-27(33)19-4-3-5-20(28)23(19)24(31)26(18,27)30-11-10-16-12-17(25(29)32)7-9-21(16)30/h3-14,33H,28H2,1-2H3,(H2,29,32). The molecular weight excluding hydrogens is 430 g/mol. The number of aromatic nitrogens is 1. The second-order valence-corrected chi connectivity index (χ2v) is 9.29. The topological polar surface area (TPSA) is 121 Å². The van der Waals surface area contributed by atoms with Crippen LogP contribution in [0.2, 0.25) is 0 Å². The molecular formula is C27H23N3O4. The van der Waals surface area contributed by atoms with E-state index in [1.165, 1.54) is 0 Å². The third kappa shape index (κ3) is 2.24. The van der Waals surface area contributed by atoms with Crippen molar-refractivity contribution in [3.05, 3.63) is 94.7 Å². The number of nitrogens with zero attached hydrogens (tertiary/aromatic N) is 1. The minimum Gasteiger partial charge on any atom is -0.454 e. The Morgan fingerprint density at radius 1 is 1.06 bits per heavy atom. The fourth-order valence-electron chi connectivity index (χ4n) is 5.50. The average molecular weight is 453 g/mol. The Morgan fingerprint density at radius 2 is 1.85 bits per heavy atom. The maximum Gasteiger partial charge on any atom is 0.271 e. The van der Waals surface area contributed by atoms with Crippen LogP contribution in [0.4, 0.5) is 5.69 Å². The van der Waals surface area contributed by atoms with Gasteiger partial charge < -0.3 is 25.9 Å². The minimum absolute atomic E-state index is 0.234. The first kappa shape index (κ1) is 20.5. The summed E-state index contributed by atoms with van der Waals surface area (Å²) in [4.78, 5) is 26.0. The average Bonchev–Trinajstić information content (AvgIpc) is 3.39. The van der Waals surface area contributed by atoms with Crippen LogP contribution in [0.15, 0.2) is 66.9 Å². The number of ketones is 1. The Bertz CT molecular complexity index is 1550. The number of hydrogen-bond acceptors (Lipinski definition) is 5. The number of carbonyl (C=O) groups excluding carboxylic acids is 2. The van der Waals surface area contributed by atoms with Gasteiger partial charge in [-0.2, -0.15) is 0 Å². The number of nitrogen functional groups attached to an aromatic ring is 1. The zero-order valence-electron chi connectivity index (χ0n) is 18.7. The number of aliphatic hydroxyl groups is 1. The molecule has 0 saturated carbocycles. The third-order valence-electron chi connectivity index (χ3n) is 7.16. The molecule has 170 valence electrons. The lowest BCUT2D eigenvalue weighted by Gasteiger charge is -2.35. The highest BCUT2D eigenvalue weighted by Gasteiger charge is 2.72. The highest BCUT2D eigenvalue weighted by atomic mass is 16.6. The van der Waals surface area contributed by atoms with Crippen LogP contribution in [0.3, 0.4) is 0 Å². The molecule has 2 aliphatic rings. The quantitative estimate of drug-likeness (QED) is 0.409. The molecule has 3 aromatic carbocycles. The summed E-state index contributed by atoms with van der Waals surface area (Å²) in [6.07, 6.45) is 1.73. The molecule has 2 heterocycles. The number of ether oxygens (including phenoxy) is 1. The van der Waals surface area contributed by atoms with E-state index in [4.69, 9.17) is 16.2 Å². The molecule has 2 unspecified atom stereocenters. The summed E-state index contributed by atoms with van der Waals surface area (Å²) < 4.78 is 8.02. The molecule has 34 heavy (non-hydrogen) atoms. The van der Waals surface area contributed by atoms with E-state index >= 15 is 0 Å². The summed E-state index contributed by atoms with van der Waals surface area (Å²) >= 11 is 0. The van der Waals surface area contributed by atoms with Crippen LogP contribution in [0.25, 0.3) is 10.9 Å². The molecule has 6 rings (SSSR count). The third-order valence-corrected chi connectivity index (χ3v) is 7.16. The molecule has 1 amide bonds. The molecule has 4 aromatic rings. The van der Waals surface area contributed by atoms with E-state index in [1.807, 2.05) is 18.2 Å². The van der Waals surface area contributed by atoms with Crippen molar-refractivity contribution < 1.29 is 19.4 Å². The zero-order chi connectivity index (χ0) is 24.0. The van der Waals surface area contributed by atoms with Crippen molar-refractivity contribution in [1.82, 2.24) is 4.57 Å². The summed E-state index contributed by atoms with van der Waals surface area (Å²) in [7, 11) is 0. The van der Waals surface area contributed by atoms with Gasteiger partial charge >= 0.3 is 0 Å². The van der Waals surface area contributed by atoms with Crippen LogP contribution in [-0.4, -0.2) is 21.4 Å². The number of hydrogen-bond donors (Lipinski definition) is 3. The Morgan fingerprint density at radius 3 is 2.59 bits per heavy atom. The molecule has 5 N–H and O–H groups in total. The van der Waals surface area contributed by atoms with Crippen molar-refractivity contribution in [2.24, 2.45) is 5.73 Å². The maximum absolute atomic E-state index is 14.3. The molecule has 7 heteroatoms. The Kier molecular flexibility index (Phi) is 3.91. The number of anilines is 1. The van der Waals surface area contributed by atoms with Crippen LogP contribution in [0.5, 0.6) is 5.75 Å². The summed E-state index contributed by atoms with van der Waals surface area (Å²) in [6.45, 7) is 4.14. The van der Waals surface area contributed by atoms with Crippen LogP contribution >= 0.6 is 0 Å². The highest BCUT2D eigenvalue weighted by molar-refractivity contribution is 6.14. The predicted octanol–water partition coefficient (Wildman–Crippen LogP) is 3.62. The minimum atomic E-state index is -2.01. The van der Waals surface area contributed by atoms with Crippen molar-refractivity contribution in [1.29, 1.82) is 0 Å². The lowest BCUT2D eigenvalue weighted by Crippen LogP contribution is -2.53. The van der Waals surface area contributed by atoms with Crippen molar-refractivity contribution in [3.8, 4) is 5.75 Å². The Balaban J connectivity index is 1.72. The summed E-state index contributed by atoms with van der Waals surface area (Å²) in [5.74, 6) is -2.22. The lowest BCUT2D eigenvalue weighted by molar-refractivity contribution is -0.170. The molecule has 0 bridgehead atoms. The van der Waals surface area contributed by atoms with E-state index in [0.717, 1.165) is 5.56 Å². The van der Waals surface area contributed by atoms with Crippen molar-refractivity contribution in [3.63, 3.8) is 0 Å². The van der Waals surface area contributed by atoms with Gasteiger partial charge in [-0.15, -0.1) is 0 Å².